The van der Waals surface area contributed by atoms with Gasteiger partial charge in [0, 0.05) is 30.1 Å². The van der Waals surface area contributed by atoms with Gasteiger partial charge in [0.05, 0.1) is 44.2 Å². The topological polar surface area (TPSA) is 327 Å². The van der Waals surface area contributed by atoms with Crippen molar-refractivity contribution < 1.29 is 103 Å². The maximum atomic E-state index is 12.7. The minimum Gasteiger partial charge on any atom is -0.479 e. The molecule has 0 radical (unpaired) electrons. The average molecular weight is 1030 g/mol. The zero-order valence-electron chi connectivity index (χ0n) is 42.9. The van der Waals surface area contributed by atoms with Gasteiger partial charge in [0.2, 0.25) is 0 Å². The minimum absolute atomic E-state index is 0.107. The summed E-state index contributed by atoms with van der Waals surface area (Å²) in [4.78, 5) is 36.6. The predicted octanol–water partition coefficient (Wildman–Crippen LogP) is 0.429. The number of ether oxygens (including phenoxy) is 8. The molecule has 410 valence electrons. The van der Waals surface area contributed by atoms with Crippen LogP contribution in [0.25, 0.3) is 0 Å². The molecule has 0 spiro atoms. The molecule has 4 saturated carbocycles. The standard InChI is InChI=1S/C51H80O21/c1-22-36(67-23(2)54)35(61)39(68-24(3)55)44(66-22)72-41-40(62)47(5)16-17-50(8)25(26(47)18-46(41,4)20-52)10-11-29-48(6)14-13-30(49(7,21-53)28(48)12-15-51(29,50)9)69-45-38(33(59)32(58)37(70-45)42(63)64)71-43-34(60)31(57)27(56)19-65-43/h10,22,26-41,43-45,52-53,56-62H,11-21H2,1-9H3,(H,63,64). The van der Waals surface area contributed by atoms with Crippen LogP contribution in [0.15, 0.2) is 11.6 Å². The first-order chi connectivity index (χ1) is 33.6. The van der Waals surface area contributed by atoms with Crippen molar-refractivity contribution in [2.75, 3.05) is 19.8 Å². The van der Waals surface area contributed by atoms with E-state index in [0.717, 1.165) is 6.42 Å². The van der Waals surface area contributed by atoms with Crippen LogP contribution in [0, 0.1) is 50.2 Å². The van der Waals surface area contributed by atoms with Crippen LogP contribution in [-0.4, -0.2) is 193 Å². The molecule has 0 aromatic heterocycles. The van der Waals surface area contributed by atoms with Crippen LogP contribution < -0.4 is 0 Å². The van der Waals surface area contributed by atoms with Crippen molar-refractivity contribution in [3.8, 4) is 0 Å². The second-order valence-electron chi connectivity index (χ2n) is 24.1. The number of allylic oxidation sites excluding steroid dienone is 2. The van der Waals surface area contributed by atoms with Gasteiger partial charge in [0.25, 0.3) is 0 Å². The Hall–Kier alpha value is -2.45. The number of carbonyl (C=O) groups excluding carboxylic acids is 2. The fourth-order valence-electron chi connectivity index (χ4n) is 15.6. The maximum absolute atomic E-state index is 12.7. The molecule has 26 atom stereocenters. The fraction of sp³-hybridized carbons (Fsp3) is 0.902. The smallest absolute Gasteiger partial charge is 0.335 e. The normalized spacial score (nSPS) is 53.4. The lowest BCUT2D eigenvalue weighted by atomic mass is 9.33. The van der Waals surface area contributed by atoms with Gasteiger partial charge in [-0.05, 0) is 92.3 Å². The Balaban J connectivity index is 1.05. The summed E-state index contributed by atoms with van der Waals surface area (Å²) in [6.45, 7) is 15.7. The molecule has 0 aromatic carbocycles. The summed E-state index contributed by atoms with van der Waals surface area (Å²) in [6.07, 6.45) is -17.7. The fourth-order valence-corrected chi connectivity index (χ4v) is 15.6. The molecular formula is C51H80O21. The summed E-state index contributed by atoms with van der Waals surface area (Å²) in [5, 5.41) is 110. The van der Waals surface area contributed by atoms with Gasteiger partial charge in [-0.2, -0.15) is 0 Å². The number of rotatable bonds is 11. The van der Waals surface area contributed by atoms with E-state index in [1.807, 2.05) is 13.8 Å². The maximum Gasteiger partial charge on any atom is 0.335 e. The van der Waals surface area contributed by atoms with Crippen LogP contribution in [0.1, 0.15) is 114 Å². The van der Waals surface area contributed by atoms with E-state index in [-0.39, 0.29) is 47.2 Å². The third kappa shape index (κ3) is 8.78. The summed E-state index contributed by atoms with van der Waals surface area (Å²) >= 11 is 0. The zero-order valence-corrected chi connectivity index (χ0v) is 42.9. The van der Waals surface area contributed by atoms with Gasteiger partial charge in [-0.15, -0.1) is 0 Å². The van der Waals surface area contributed by atoms with Crippen LogP contribution in [0.3, 0.4) is 0 Å². The number of aliphatic hydroxyl groups is 9. The van der Waals surface area contributed by atoms with E-state index < -0.39 is 145 Å². The molecule has 72 heavy (non-hydrogen) atoms. The molecule has 3 saturated heterocycles. The molecule has 0 bridgehead atoms. The quantitative estimate of drug-likeness (QED) is 0.0762. The number of hydrogen-bond acceptors (Lipinski definition) is 20. The molecule has 8 rings (SSSR count). The van der Waals surface area contributed by atoms with E-state index >= 15 is 0 Å². The van der Waals surface area contributed by atoms with Gasteiger partial charge in [0.15, 0.2) is 37.2 Å². The second kappa shape index (κ2) is 19.8. The van der Waals surface area contributed by atoms with E-state index in [1.54, 1.807) is 6.92 Å². The Morgan fingerprint density at radius 1 is 0.681 bits per heavy atom. The van der Waals surface area contributed by atoms with E-state index in [9.17, 15) is 65.4 Å². The molecule has 3 heterocycles. The van der Waals surface area contributed by atoms with Gasteiger partial charge < -0.3 is 89.0 Å². The van der Waals surface area contributed by atoms with Crippen molar-refractivity contribution in [1.29, 1.82) is 0 Å². The van der Waals surface area contributed by atoms with Crippen molar-refractivity contribution in [3.63, 3.8) is 0 Å². The number of aliphatic carboxylic acids is 1. The van der Waals surface area contributed by atoms with Crippen LogP contribution in [-0.2, 0) is 52.3 Å². The van der Waals surface area contributed by atoms with Crippen LogP contribution in [0.4, 0.5) is 0 Å². The molecule has 21 nitrogen and oxygen atoms in total. The van der Waals surface area contributed by atoms with E-state index in [2.05, 4.69) is 33.8 Å². The van der Waals surface area contributed by atoms with E-state index in [0.29, 0.717) is 44.9 Å². The number of carboxylic acids is 1. The highest BCUT2D eigenvalue weighted by atomic mass is 16.8. The number of esters is 2. The molecule has 7 fully saturated rings. The molecule has 0 aromatic rings. The van der Waals surface area contributed by atoms with Crippen LogP contribution >= 0.6 is 0 Å². The second-order valence-corrected chi connectivity index (χ2v) is 24.1. The van der Waals surface area contributed by atoms with Crippen molar-refractivity contribution in [2.45, 2.75) is 218 Å². The Bertz CT molecular complexity index is 2060. The van der Waals surface area contributed by atoms with Crippen molar-refractivity contribution in [1.82, 2.24) is 0 Å². The first-order valence-electron chi connectivity index (χ1n) is 25.7. The minimum atomic E-state index is -1.98. The first kappa shape index (κ1) is 55.8. The highest BCUT2D eigenvalue weighted by molar-refractivity contribution is 5.73. The number of hydrogen-bond donors (Lipinski definition) is 10. The summed E-state index contributed by atoms with van der Waals surface area (Å²) in [7, 11) is 0. The third-order valence-electron chi connectivity index (χ3n) is 20.1. The van der Waals surface area contributed by atoms with E-state index in [1.165, 1.54) is 19.4 Å². The largest absolute Gasteiger partial charge is 0.479 e. The molecule has 5 aliphatic carbocycles. The molecule has 10 N–H and O–H groups in total. The lowest BCUT2D eigenvalue weighted by Gasteiger charge is -2.72. The van der Waals surface area contributed by atoms with Crippen LogP contribution in [0.2, 0.25) is 0 Å². The highest BCUT2D eigenvalue weighted by Gasteiger charge is 2.71. The molecule has 8 aliphatic rings. The molecule has 26 unspecified atom stereocenters. The van der Waals surface area contributed by atoms with Crippen LogP contribution in [0.5, 0.6) is 0 Å². The number of carboxylic acid groups (broad SMARTS) is 1. The molecule has 3 aliphatic heterocycles. The molecule has 0 amide bonds. The third-order valence-corrected chi connectivity index (χ3v) is 20.1. The van der Waals surface area contributed by atoms with E-state index in [4.69, 9.17) is 37.9 Å². The summed E-state index contributed by atoms with van der Waals surface area (Å²) < 4.78 is 47.4. The first-order valence-corrected chi connectivity index (χ1v) is 25.7. The predicted molar refractivity (Wildman–Crippen MR) is 246 cm³/mol. The summed E-state index contributed by atoms with van der Waals surface area (Å²) in [5.74, 6) is -3.17. The Labute approximate surface area is 420 Å². The number of aliphatic hydroxyl groups excluding tert-OH is 9. The highest BCUT2D eigenvalue weighted by Crippen LogP contribution is 2.76. The van der Waals surface area contributed by atoms with Gasteiger partial charge in [0.1, 0.15) is 42.7 Å². The zero-order chi connectivity index (χ0) is 53.0. The Morgan fingerprint density at radius 2 is 1.33 bits per heavy atom. The monoisotopic (exact) mass is 1030 g/mol. The summed E-state index contributed by atoms with van der Waals surface area (Å²) in [6, 6.07) is 0. The molecule has 21 heteroatoms. The summed E-state index contributed by atoms with van der Waals surface area (Å²) in [5.41, 5.74) is -2.53. The van der Waals surface area contributed by atoms with Gasteiger partial charge in [-0.3, -0.25) is 9.59 Å². The SMILES string of the molecule is CC(=O)OC1C(C)OC(OC2C(O)C3(C)CCC4(C)C(=CCC5C6(C)CCC(OC7OC(C(=O)O)C(O)C(O)C7OC7OCC(O)C(O)C7O)C(C)(CO)C6CCC54C)C3CC2(C)CO)C(OC(C)=O)C1O. The van der Waals surface area contributed by atoms with Crippen molar-refractivity contribution >= 4 is 17.9 Å². The average Bonchev–Trinajstić information content (AvgIpc) is 3.31. The number of fused-ring (bicyclic) bond motifs is 7. The lowest BCUT2D eigenvalue weighted by Crippen LogP contribution is -2.69. The van der Waals surface area contributed by atoms with Crippen molar-refractivity contribution in [3.05, 3.63) is 11.6 Å². The van der Waals surface area contributed by atoms with Gasteiger partial charge in [-0.25, -0.2) is 4.79 Å². The van der Waals surface area contributed by atoms with Gasteiger partial charge >= 0.3 is 17.9 Å². The lowest BCUT2D eigenvalue weighted by molar-refractivity contribution is -0.367. The molecular weight excluding hydrogens is 949 g/mol. The van der Waals surface area contributed by atoms with Gasteiger partial charge in [-0.1, -0.05) is 53.2 Å². The number of carbonyl (C=O) groups is 3. The van der Waals surface area contributed by atoms with Crippen molar-refractivity contribution in [2.24, 2.45) is 50.2 Å². The Kier molecular flexibility index (Phi) is 15.4. The Morgan fingerprint density at radius 3 is 1.96 bits per heavy atom.